The Morgan fingerprint density at radius 2 is 2.03 bits per heavy atom. The van der Waals surface area contributed by atoms with Gasteiger partial charge in [-0.1, -0.05) is 35.0 Å². The molecule has 0 aliphatic carbocycles. The van der Waals surface area contributed by atoms with Crippen LogP contribution in [0, 0.1) is 26.7 Å². The summed E-state index contributed by atoms with van der Waals surface area (Å²) >= 11 is 0. The van der Waals surface area contributed by atoms with Crippen molar-refractivity contribution < 1.29 is 17.7 Å². The lowest BCUT2D eigenvalue weighted by Crippen LogP contribution is -2.44. The molecule has 29 heavy (non-hydrogen) atoms. The zero-order valence-electron chi connectivity index (χ0n) is 17.2. The molecule has 1 saturated heterocycles. The molecule has 0 saturated carbocycles. The Labute approximate surface area is 171 Å². The van der Waals surface area contributed by atoms with Crippen LogP contribution in [0.5, 0.6) is 0 Å². The van der Waals surface area contributed by atoms with E-state index in [1.807, 2.05) is 38.1 Å². The average Bonchev–Trinajstić information content (AvgIpc) is 3.09. The molecule has 1 aliphatic heterocycles. The van der Waals surface area contributed by atoms with Gasteiger partial charge in [0.15, 0.2) is 10.7 Å². The molecule has 2 heterocycles. The highest BCUT2D eigenvalue weighted by Crippen LogP contribution is 2.29. The normalized spacial score (nSPS) is 18.3. The summed E-state index contributed by atoms with van der Waals surface area (Å²) in [6.45, 7) is 6.15. The number of aryl methyl sites for hydroxylation is 3. The Bertz CT molecular complexity index is 1040. The number of nitrogens with zero attached hydrogens (tertiary/aromatic N) is 2. The van der Waals surface area contributed by atoms with Gasteiger partial charge in [-0.2, -0.15) is 4.31 Å². The van der Waals surface area contributed by atoms with E-state index in [9.17, 15) is 13.2 Å². The maximum absolute atomic E-state index is 13.3. The molecule has 0 unspecified atom stereocenters. The first kappa shape index (κ1) is 21.3. The van der Waals surface area contributed by atoms with Gasteiger partial charge in [0.2, 0.25) is 15.9 Å². The van der Waals surface area contributed by atoms with Crippen molar-refractivity contribution in [3.8, 4) is 0 Å². The largest absolute Gasteiger partial charge is 0.359 e. The van der Waals surface area contributed by atoms with Crippen molar-refractivity contribution in [1.82, 2.24) is 14.8 Å². The molecule has 0 radical (unpaired) electrons. The van der Waals surface area contributed by atoms with Crippen LogP contribution in [0.15, 0.2) is 27.6 Å². The van der Waals surface area contributed by atoms with E-state index < -0.39 is 10.0 Å². The fraction of sp³-hybridized carbons (Fsp3) is 0.429. The van der Waals surface area contributed by atoms with Crippen LogP contribution in [0.1, 0.15) is 41.0 Å². The lowest BCUT2D eigenvalue weighted by molar-refractivity contribution is -0.125. The number of hydrogen-bond donors (Lipinski definition) is 1. The lowest BCUT2D eigenvalue weighted by Gasteiger charge is -2.30. The van der Waals surface area contributed by atoms with Crippen LogP contribution < -0.4 is 5.32 Å². The molecule has 1 aromatic heterocycles. The molecule has 1 N–H and O–H groups in total. The van der Waals surface area contributed by atoms with E-state index in [0.717, 1.165) is 16.7 Å². The Hall–Kier alpha value is -2.45. The number of nitrogens with one attached hydrogen (secondary N) is 1. The van der Waals surface area contributed by atoms with Crippen molar-refractivity contribution in [3.05, 3.63) is 46.3 Å². The number of benzene rings is 1. The van der Waals surface area contributed by atoms with E-state index >= 15 is 0 Å². The first-order valence-corrected chi connectivity index (χ1v) is 11.1. The van der Waals surface area contributed by atoms with Crippen LogP contribution >= 0.6 is 0 Å². The molecule has 2 aromatic rings. The third kappa shape index (κ3) is 4.43. The fourth-order valence-electron chi connectivity index (χ4n) is 3.61. The summed E-state index contributed by atoms with van der Waals surface area (Å²) in [7, 11) is -2.27. The van der Waals surface area contributed by atoms with Gasteiger partial charge < -0.3 is 9.84 Å². The molecule has 7 nitrogen and oxygen atoms in total. The minimum atomic E-state index is -3.83. The second-order valence-electron chi connectivity index (χ2n) is 7.47. The van der Waals surface area contributed by atoms with Gasteiger partial charge in [-0.05, 0) is 50.8 Å². The summed E-state index contributed by atoms with van der Waals surface area (Å²) in [6, 6.07) is 6.08. The predicted molar refractivity (Wildman–Crippen MR) is 112 cm³/mol. The van der Waals surface area contributed by atoms with Gasteiger partial charge in [0.05, 0.1) is 5.92 Å². The van der Waals surface area contributed by atoms with Crippen molar-refractivity contribution in [2.45, 2.75) is 38.5 Å². The van der Waals surface area contributed by atoms with E-state index in [0.29, 0.717) is 25.1 Å². The summed E-state index contributed by atoms with van der Waals surface area (Å²) in [5.41, 5.74) is 3.50. The predicted octanol–water partition coefficient (Wildman–Crippen LogP) is 2.92. The van der Waals surface area contributed by atoms with Crippen LogP contribution in [0.25, 0.3) is 12.2 Å². The van der Waals surface area contributed by atoms with E-state index in [1.165, 1.54) is 4.31 Å². The highest BCUT2D eigenvalue weighted by atomic mass is 32.2. The average molecular weight is 418 g/mol. The third-order valence-corrected chi connectivity index (χ3v) is 7.31. The van der Waals surface area contributed by atoms with E-state index in [4.69, 9.17) is 4.52 Å². The number of piperidine rings is 1. The maximum Gasteiger partial charge on any atom is 0.248 e. The molecule has 0 spiro atoms. The maximum atomic E-state index is 13.3. The Balaban J connectivity index is 1.93. The van der Waals surface area contributed by atoms with Crippen molar-refractivity contribution >= 4 is 28.1 Å². The van der Waals surface area contributed by atoms with Crippen LogP contribution in [0.4, 0.5) is 0 Å². The second kappa shape index (κ2) is 8.51. The summed E-state index contributed by atoms with van der Waals surface area (Å²) in [4.78, 5) is 12.1. The standard InChI is InChI=1S/C21H27N3O4S/c1-14-7-8-15(2)17(12-14)9-10-19-20(16(3)23-28-19)29(26,27)24-11-5-6-18(13-24)21(25)22-4/h7-10,12,18H,5-6,11,13H2,1-4H3,(H,22,25)/b10-9+/t18-/m1/s1. The van der Waals surface area contributed by atoms with Crippen LogP contribution in [-0.2, 0) is 14.8 Å². The third-order valence-electron chi connectivity index (χ3n) is 5.28. The Morgan fingerprint density at radius 1 is 1.28 bits per heavy atom. The van der Waals surface area contributed by atoms with Crippen LogP contribution in [0.2, 0.25) is 0 Å². The molecule has 156 valence electrons. The van der Waals surface area contributed by atoms with Crippen LogP contribution in [0.3, 0.4) is 0 Å². The molecule has 1 fully saturated rings. The van der Waals surface area contributed by atoms with Gasteiger partial charge in [0.25, 0.3) is 0 Å². The minimum absolute atomic E-state index is 0.0663. The van der Waals surface area contributed by atoms with E-state index in [2.05, 4.69) is 10.5 Å². The number of amides is 1. The lowest BCUT2D eigenvalue weighted by atomic mass is 9.99. The monoisotopic (exact) mass is 417 g/mol. The quantitative estimate of drug-likeness (QED) is 0.807. The first-order valence-electron chi connectivity index (χ1n) is 9.67. The summed E-state index contributed by atoms with van der Waals surface area (Å²) in [6.07, 6.45) is 4.79. The van der Waals surface area contributed by atoms with E-state index in [-0.39, 0.29) is 29.0 Å². The van der Waals surface area contributed by atoms with Crippen molar-refractivity contribution in [2.24, 2.45) is 5.92 Å². The number of aromatic nitrogens is 1. The Morgan fingerprint density at radius 3 is 2.76 bits per heavy atom. The zero-order chi connectivity index (χ0) is 21.2. The Kier molecular flexibility index (Phi) is 6.24. The number of carbonyl (C=O) groups excluding carboxylic acids is 1. The van der Waals surface area contributed by atoms with Gasteiger partial charge in [-0.15, -0.1) is 0 Å². The molecule has 0 bridgehead atoms. The summed E-state index contributed by atoms with van der Waals surface area (Å²) < 4.78 is 33.4. The smallest absolute Gasteiger partial charge is 0.248 e. The van der Waals surface area contributed by atoms with Gasteiger partial charge in [0, 0.05) is 20.1 Å². The van der Waals surface area contributed by atoms with Crippen molar-refractivity contribution in [1.29, 1.82) is 0 Å². The summed E-state index contributed by atoms with van der Waals surface area (Å²) in [5.74, 6) is -0.287. The van der Waals surface area contributed by atoms with Gasteiger partial charge >= 0.3 is 0 Å². The molecule has 3 rings (SSSR count). The van der Waals surface area contributed by atoms with Crippen LogP contribution in [-0.4, -0.2) is 43.9 Å². The fourth-order valence-corrected chi connectivity index (χ4v) is 5.39. The van der Waals surface area contributed by atoms with Gasteiger partial charge in [0.1, 0.15) is 5.69 Å². The number of sulfonamides is 1. The summed E-state index contributed by atoms with van der Waals surface area (Å²) in [5, 5.41) is 6.50. The van der Waals surface area contributed by atoms with Crippen molar-refractivity contribution in [3.63, 3.8) is 0 Å². The highest BCUT2D eigenvalue weighted by Gasteiger charge is 2.36. The zero-order valence-corrected chi connectivity index (χ0v) is 18.0. The molecule has 1 aliphatic rings. The van der Waals surface area contributed by atoms with E-state index in [1.54, 1.807) is 20.0 Å². The molecular formula is C21H27N3O4S. The highest BCUT2D eigenvalue weighted by molar-refractivity contribution is 7.89. The first-order chi connectivity index (χ1) is 13.7. The van der Waals surface area contributed by atoms with Gasteiger partial charge in [-0.3, -0.25) is 4.79 Å². The molecular weight excluding hydrogens is 390 g/mol. The second-order valence-corrected chi connectivity index (χ2v) is 9.35. The molecule has 1 amide bonds. The van der Waals surface area contributed by atoms with Gasteiger partial charge in [-0.25, -0.2) is 8.42 Å². The topological polar surface area (TPSA) is 92.5 Å². The number of hydrogen-bond acceptors (Lipinski definition) is 5. The molecule has 1 atom stereocenters. The SMILES string of the molecule is CNC(=O)[C@@H]1CCCN(S(=O)(=O)c2c(C)noc2/C=C/c2cc(C)ccc2C)C1. The molecule has 1 aromatic carbocycles. The number of rotatable bonds is 5. The molecule has 8 heteroatoms. The minimum Gasteiger partial charge on any atom is -0.359 e. The van der Waals surface area contributed by atoms with Crippen molar-refractivity contribution in [2.75, 3.05) is 20.1 Å². The number of carbonyl (C=O) groups is 1.